The molecule has 0 saturated carbocycles. The summed E-state index contributed by atoms with van der Waals surface area (Å²) in [4.78, 5) is 11.2. The first-order valence-corrected chi connectivity index (χ1v) is 6.15. The van der Waals surface area contributed by atoms with Crippen LogP contribution in [0.3, 0.4) is 0 Å². The van der Waals surface area contributed by atoms with Crippen molar-refractivity contribution in [3.63, 3.8) is 0 Å². The zero-order chi connectivity index (χ0) is 13.2. The Kier molecular flexibility index (Phi) is 4.21. The lowest BCUT2D eigenvalue weighted by molar-refractivity contribution is -0.142. The highest BCUT2D eigenvalue weighted by Gasteiger charge is 2.29. The summed E-state index contributed by atoms with van der Waals surface area (Å²) >= 11 is 6.19. The van der Waals surface area contributed by atoms with E-state index in [1.165, 1.54) is 0 Å². The summed E-state index contributed by atoms with van der Waals surface area (Å²) in [6.45, 7) is 7.63. The van der Waals surface area contributed by atoms with Crippen LogP contribution < -0.4 is 0 Å². The quantitative estimate of drug-likeness (QED) is 0.885. The molecule has 1 aromatic rings. The Bertz CT molecular complexity index is 422. The van der Waals surface area contributed by atoms with Gasteiger partial charge in [-0.1, -0.05) is 37.6 Å². The average molecular weight is 255 g/mol. The van der Waals surface area contributed by atoms with E-state index in [2.05, 4.69) is 13.8 Å². The van der Waals surface area contributed by atoms with Crippen LogP contribution in [0.1, 0.15) is 38.8 Å². The van der Waals surface area contributed by atoms with Gasteiger partial charge in [-0.25, -0.2) is 0 Å². The van der Waals surface area contributed by atoms with Crippen LogP contribution in [0.15, 0.2) is 18.2 Å². The molecule has 0 unspecified atom stereocenters. The van der Waals surface area contributed by atoms with E-state index >= 15 is 0 Å². The van der Waals surface area contributed by atoms with E-state index in [1.807, 2.05) is 12.1 Å². The molecule has 0 aromatic heterocycles. The molecular weight excluding hydrogens is 236 g/mol. The lowest BCUT2D eigenvalue weighted by Crippen LogP contribution is -2.28. The summed E-state index contributed by atoms with van der Waals surface area (Å²) in [5, 5.41) is 9.82. The van der Waals surface area contributed by atoms with Gasteiger partial charge in [0, 0.05) is 5.02 Å². The first-order valence-electron chi connectivity index (χ1n) is 5.77. The van der Waals surface area contributed by atoms with E-state index in [0.29, 0.717) is 10.9 Å². The molecule has 0 aliphatic heterocycles. The predicted molar refractivity (Wildman–Crippen MR) is 70.7 cm³/mol. The van der Waals surface area contributed by atoms with Gasteiger partial charge in [-0.2, -0.15) is 0 Å². The van der Waals surface area contributed by atoms with Gasteiger partial charge in [-0.3, -0.25) is 4.79 Å². The van der Waals surface area contributed by atoms with Crippen molar-refractivity contribution < 1.29 is 9.90 Å². The minimum Gasteiger partial charge on any atom is -0.481 e. The molecule has 3 heteroatoms. The number of benzene rings is 1. The third-order valence-corrected chi connectivity index (χ3v) is 3.29. The number of hydrogen-bond acceptors (Lipinski definition) is 1. The topological polar surface area (TPSA) is 37.3 Å². The molecule has 0 bridgehead atoms. The number of carbonyl (C=O) groups is 1. The maximum Gasteiger partial charge on any atom is 0.313 e. The first-order chi connectivity index (χ1) is 7.75. The molecule has 0 aliphatic rings. The highest BCUT2D eigenvalue weighted by Crippen LogP contribution is 2.28. The Morgan fingerprint density at radius 2 is 2.00 bits per heavy atom. The normalized spacial score (nSPS) is 11.9. The molecule has 0 aliphatic carbocycles. The summed E-state index contributed by atoms with van der Waals surface area (Å²) in [6, 6.07) is 5.56. The van der Waals surface area contributed by atoms with Gasteiger partial charge in [0.25, 0.3) is 0 Å². The van der Waals surface area contributed by atoms with E-state index in [0.717, 1.165) is 17.5 Å². The first kappa shape index (κ1) is 14.0. The lowest BCUT2D eigenvalue weighted by Gasteiger charge is -2.20. The SMILES string of the molecule is CC(C)Cc1ccc(C(C)(C)C(=O)O)cc1Cl. The fourth-order valence-electron chi connectivity index (χ4n) is 1.66. The maximum absolute atomic E-state index is 11.2. The molecule has 1 aromatic carbocycles. The summed E-state index contributed by atoms with van der Waals surface area (Å²) in [6.07, 6.45) is 0.909. The smallest absolute Gasteiger partial charge is 0.313 e. The standard InChI is InChI=1S/C14H19ClO2/c1-9(2)7-10-5-6-11(8-12(10)15)14(3,4)13(16)17/h5-6,8-9H,7H2,1-4H3,(H,16,17). The molecule has 94 valence electrons. The number of carboxylic acid groups (broad SMARTS) is 1. The van der Waals surface area contributed by atoms with Gasteiger partial charge < -0.3 is 5.11 Å². The van der Waals surface area contributed by atoms with Crippen LogP contribution in [-0.4, -0.2) is 11.1 Å². The van der Waals surface area contributed by atoms with Crippen LogP contribution in [0.25, 0.3) is 0 Å². The van der Waals surface area contributed by atoms with Crippen molar-refractivity contribution >= 4 is 17.6 Å². The number of rotatable bonds is 4. The van der Waals surface area contributed by atoms with Crippen molar-refractivity contribution in [3.8, 4) is 0 Å². The van der Waals surface area contributed by atoms with Gasteiger partial charge in [-0.15, -0.1) is 0 Å². The number of carboxylic acids is 1. The van der Waals surface area contributed by atoms with Crippen LogP contribution >= 0.6 is 11.6 Å². The number of aliphatic carboxylic acids is 1. The molecule has 0 heterocycles. The molecule has 0 fully saturated rings. The second-order valence-corrected chi connectivity index (χ2v) is 5.74. The fraction of sp³-hybridized carbons (Fsp3) is 0.500. The fourth-order valence-corrected chi connectivity index (χ4v) is 1.92. The van der Waals surface area contributed by atoms with Gasteiger partial charge in [0.15, 0.2) is 0 Å². The van der Waals surface area contributed by atoms with Crippen LogP contribution in [0.5, 0.6) is 0 Å². The van der Waals surface area contributed by atoms with Gasteiger partial charge >= 0.3 is 5.97 Å². The Hall–Kier alpha value is -1.02. The number of hydrogen-bond donors (Lipinski definition) is 1. The van der Waals surface area contributed by atoms with Crippen molar-refractivity contribution in [2.24, 2.45) is 5.92 Å². The van der Waals surface area contributed by atoms with Crippen molar-refractivity contribution in [1.29, 1.82) is 0 Å². The van der Waals surface area contributed by atoms with Gasteiger partial charge in [0.05, 0.1) is 5.41 Å². The van der Waals surface area contributed by atoms with Gasteiger partial charge in [0.1, 0.15) is 0 Å². The molecule has 1 rings (SSSR count). The van der Waals surface area contributed by atoms with Crippen molar-refractivity contribution in [2.75, 3.05) is 0 Å². The van der Waals surface area contributed by atoms with Crippen molar-refractivity contribution in [2.45, 2.75) is 39.5 Å². The Morgan fingerprint density at radius 1 is 1.41 bits per heavy atom. The molecule has 2 nitrogen and oxygen atoms in total. The van der Waals surface area contributed by atoms with Crippen LogP contribution in [-0.2, 0) is 16.6 Å². The zero-order valence-corrected chi connectivity index (χ0v) is 11.5. The Labute approximate surface area is 108 Å². The van der Waals surface area contributed by atoms with Crippen LogP contribution in [0.2, 0.25) is 5.02 Å². The summed E-state index contributed by atoms with van der Waals surface area (Å²) in [5.74, 6) is -0.309. The molecular formula is C14H19ClO2. The minimum atomic E-state index is -0.903. The Morgan fingerprint density at radius 3 is 2.41 bits per heavy atom. The largest absolute Gasteiger partial charge is 0.481 e. The lowest BCUT2D eigenvalue weighted by atomic mass is 9.84. The highest BCUT2D eigenvalue weighted by molar-refractivity contribution is 6.31. The molecule has 0 saturated heterocycles. The number of halogens is 1. The second kappa shape index (κ2) is 5.09. The Balaban J connectivity index is 3.08. The monoisotopic (exact) mass is 254 g/mol. The molecule has 1 N–H and O–H groups in total. The van der Waals surface area contributed by atoms with E-state index in [4.69, 9.17) is 16.7 Å². The molecule has 0 radical (unpaired) electrons. The van der Waals surface area contributed by atoms with E-state index in [1.54, 1.807) is 19.9 Å². The molecule has 0 atom stereocenters. The molecule has 17 heavy (non-hydrogen) atoms. The maximum atomic E-state index is 11.2. The van der Waals surface area contributed by atoms with Crippen LogP contribution in [0, 0.1) is 5.92 Å². The predicted octanol–water partition coefficient (Wildman–Crippen LogP) is 3.90. The van der Waals surface area contributed by atoms with E-state index in [-0.39, 0.29) is 0 Å². The van der Waals surface area contributed by atoms with E-state index in [9.17, 15) is 4.79 Å². The highest BCUT2D eigenvalue weighted by atomic mass is 35.5. The van der Waals surface area contributed by atoms with Crippen LogP contribution in [0.4, 0.5) is 0 Å². The summed E-state index contributed by atoms with van der Waals surface area (Å²) in [7, 11) is 0. The van der Waals surface area contributed by atoms with Gasteiger partial charge in [0.2, 0.25) is 0 Å². The van der Waals surface area contributed by atoms with E-state index < -0.39 is 11.4 Å². The second-order valence-electron chi connectivity index (χ2n) is 5.33. The zero-order valence-electron chi connectivity index (χ0n) is 10.7. The van der Waals surface area contributed by atoms with Crippen molar-refractivity contribution in [3.05, 3.63) is 34.3 Å². The summed E-state index contributed by atoms with van der Waals surface area (Å²) in [5.41, 5.74) is 0.911. The molecule has 0 spiro atoms. The third-order valence-electron chi connectivity index (χ3n) is 2.94. The summed E-state index contributed by atoms with van der Waals surface area (Å²) < 4.78 is 0. The van der Waals surface area contributed by atoms with Gasteiger partial charge in [-0.05, 0) is 43.4 Å². The van der Waals surface area contributed by atoms with Crippen molar-refractivity contribution in [1.82, 2.24) is 0 Å². The molecule has 0 amide bonds. The average Bonchev–Trinajstić information content (AvgIpc) is 2.20. The third kappa shape index (κ3) is 3.22. The minimum absolute atomic E-state index is 0.533.